The highest BCUT2D eigenvalue weighted by atomic mass is 35.5. The lowest BCUT2D eigenvalue weighted by molar-refractivity contribution is 0.0967. The van der Waals surface area contributed by atoms with E-state index in [0.717, 1.165) is 11.3 Å². The Morgan fingerprint density at radius 3 is 2.67 bits per heavy atom. The van der Waals surface area contributed by atoms with Gasteiger partial charge in [0.2, 0.25) is 0 Å². The molecule has 0 saturated carbocycles. The van der Waals surface area contributed by atoms with E-state index in [2.05, 4.69) is 15.6 Å². The third kappa shape index (κ3) is 4.87. The summed E-state index contributed by atoms with van der Waals surface area (Å²) in [5.74, 6) is -0.330. The van der Waals surface area contributed by atoms with Gasteiger partial charge >= 0.3 is 6.03 Å². The summed E-state index contributed by atoms with van der Waals surface area (Å²) in [6.07, 6.45) is 0. The monoisotopic (exact) mass is 468 g/mol. The molecule has 0 aliphatic heterocycles. The van der Waals surface area contributed by atoms with E-state index in [4.69, 9.17) is 21.1 Å². The molecule has 2 aromatic carbocycles. The Hall–Kier alpha value is -2.73. The van der Waals surface area contributed by atoms with Gasteiger partial charge in [0, 0.05) is 5.75 Å². The molecule has 12 heteroatoms. The number of nitrogens with one attached hydrogen (secondary N) is 2. The Kier molecular flexibility index (Phi) is 6.87. The van der Waals surface area contributed by atoms with E-state index in [0.29, 0.717) is 21.5 Å². The number of halogens is 1. The van der Waals surface area contributed by atoms with Crippen LogP contribution in [0.5, 0.6) is 11.5 Å². The zero-order chi connectivity index (χ0) is 21.8. The first-order chi connectivity index (χ1) is 14.3. The van der Waals surface area contributed by atoms with Gasteiger partial charge in [-0.15, -0.1) is 0 Å². The lowest BCUT2D eigenvalue weighted by atomic mass is 10.2. The number of carbonyl (C=O) groups is 2. The summed E-state index contributed by atoms with van der Waals surface area (Å²) in [5, 5.41) is 4.90. The molecule has 9 nitrogen and oxygen atoms in total. The van der Waals surface area contributed by atoms with Gasteiger partial charge in [0.15, 0.2) is 16.6 Å². The summed E-state index contributed by atoms with van der Waals surface area (Å²) in [6.45, 7) is 0. The largest absolute Gasteiger partial charge is 0.772 e. The third-order valence-electron chi connectivity index (χ3n) is 3.91. The number of fused-ring (bicyclic) bond motifs is 1. The van der Waals surface area contributed by atoms with Gasteiger partial charge in [-0.05, 0) is 29.8 Å². The Bertz CT molecular complexity index is 1150. The molecule has 1 unspecified atom stereocenters. The van der Waals surface area contributed by atoms with Crippen LogP contribution in [0, 0.1) is 0 Å². The van der Waals surface area contributed by atoms with Crippen LogP contribution in [0.1, 0.15) is 15.9 Å². The van der Waals surface area contributed by atoms with Crippen LogP contribution in [0.15, 0.2) is 30.3 Å². The molecular formula is C18H15ClN3O6S2-. The number of nitrogens with zero attached hydrogens (tertiary/aromatic N) is 1. The van der Waals surface area contributed by atoms with E-state index in [1.54, 1.807) is 18.2 Å². The Morgan fingerprint density at radius 1 is 1.23 bits per heavy atom. The van der Waals surface area contributed by atoms with Crippen LogP contribution in [-0.2, 0) is 16.8 Å². The second-order valence-corrected chi connectivity index (χ2v) is 8.14. The van der Waals surface area contributed by atoms with Crippen molar-refractivity contribution in [3.8, 4) is 11.5 Å². The first-order valence-electron chi connectivity index (χ1n) is 8.30. The lowest BCUT2D eigenvalue weighted by Crippen LogP contribution is -2.34. The van der Waals surface area contributed by atoms with E-state index in [-0.39, 0.29) is 27.2 Å². The molecule has 3 rings (SSSR count). The number of hydrogen-bond acceptors (Lipinski definition) is 8. The maximum Gasteiger partial charge on any atom is 0.327 e. The highest BCUT2D eigenvalue weighted by Crippen LogP contribution is 2.37. The topological polar surface area (TPSA) is 130 Å². The van der Waals surface area contributed by atoms with Crippen LogP contribution in [0.2, 0.25) is 5.02 Å². The molecule has 3 aromatic rings. The molecular weight excluding hydrogens is 454 g/mol. The Morgan fingerprint density at radius 2 is 2.00 bits per heavy atom. The number of methoxy groups -OCH3 is 2. The van der Waals surface area contributed by atoms with Crippen molar-refractivity contribution in [1.29, 1.82) is 0 Å². The predicted octanol–water partition coefficient (Wildman–Crippen LogP) is 3.31. The van der Waals surface area contributed by atoms with Crippen molar-refractivity contribution < 1.29 is 27.8 Å². The number of urea groups is 1. The molecule has 0 fully saturated rings. The second kappa shape index (κ2) is 9.39. The van der Waals surface area contributed by atoms with Gasteiger partial charge in [0.25, 0.3) is 5.91 Å². The van der Waals surface area contributed by atoms with Crippen molar-refractivity contribution in [2.75, 3.05) is 19.5 Å². The summed E-state index contributed by atoms with van der Waals surface area (Å²) in [7, 11) is 2.81. The van der Waals surface area contributed by atoms with Gasteiger partial charge in [-0.3, -0.25) is 19.6 Å². The number of carbonyl (C=O) groups excluding carboxylic acids is 2. The van der Waals surface area contributed by atoms with Gasteiger partial charge in [-0.1, -0.05) is 40.1 Å². The van der Waals surface area contributed by atoms with E-state index < -0.39 is 23.0 Å². The minimum atomic E-state index is -2.20. The maximum atomic E-state index is 12.4. The van der Waals surface area contributed by atoms with E-state index in [1.807, 2.05) is 0 Å². The van der Waals surface area contributed by atoms with Crippen LogP contribution in [-0.4, -0.2) is 39.9 Å². The average molecular weight is 469 g/mol. The fraction of sp³-hybridized carbons (Fsp3) is 0.167. The molecule has 1 atom stereocenters. The van der Waals surface area contributed by atoms with Crippen molar-refractivity contribution in [2.45, 2.75) is 5.75 Å². The van der Waals surface area contributed by atoms with Gasteiger partial charge in [-0.2, -0.15) is 0 Å². The SMILES string of the molecule is COc1ccc(C(=O)NC(=O)Nc2nc3ccc(CS(=O)[O-])cc3s2)c(Cl)c1OC. The molecule has 0 bridgehead atoms. The number of imide groups is 1. The second-order valence-electron chi connectivity index (χ2n) is 5.84. The minimum absolute atomic E-state index is 0.00503. The first-order valence-corrected chi connectivity index (χ1v) is 10.7. The van der Waals surface area contributed by atoms with Crippen LogP contribution >= 0.6 is 22.9 Å². The zero-order valence-electron chi connectivity index (χ0n) is 15.7. The number of amides is 3. The number of thiazole rings is 1. The summed E-state index contributed by atoms with van der Waals surface area (Å²) in [6, 6.07) is 7.09. The van der Waals surface area contributed by atoms with Gasteiger partial charge in [-0.25, -0.2) is 9.78 Å². The Balaban J connectivity index is 1.72. The number of benzene rings is 2. The van der Waals surface area contributed by atoms with Crippen molar-refractivity contribution in [3.05, 3.63) is 46.5 Å². The number of rotatable bonds is 6. The summed E-state index contributed by atoms with van der Waals surface area (Å²) >= 11 is 5.13. The van der Waals surface area contributed by atoms with Gasteiger partial charge < -0.3 is 14.0 Å². The van der Waals surface area contributed by atoms with Gasteiger partial charge in [0.1, 0.15) is 0 Å². The highest BCUT2D eigenvalue weighted by Gasteiger charge is 2.20. The molecule has 0 spiro atoms. The fourth-order valence-corrected chi connectivity index (χ4v) is 4.31. The molecule has 0 aliphatic carbocycles. The molecule has 3 amide bonds. The van der Waals surface area contributed by atoms with Crippen molar-refractivity contribution >= 4 is 61.3 Å². The molecule has 30 heavy (non-hydrogen) atoms. The smallest absolute Gasteiger partial charge is 0.327 e. The normalized spacial score (nSPS) is 11.7. The molecule has 0 aliphatic rings. The first kappa shape index (κ1) is 22.0. The number of hydrogen-bond donors (Lipinski definition) is 2. The molecule has 0 radical (unpaired) electrons. The number of ether oxygens (including phenoxy) is 2. The average Bonchev–Trinajstić information content (AvgIpc) is 3.08. The summed E-state index contributed by atoms with van der Waals surface area (Å²) in [4.78, 5) is 28.9. The summed E-state index contributed by atoms with van der Waals surface area (Å²) in [5.41, 5.74) is 1.22. The van der Waals surface area contributed by atoms with Crippen molar-refractivity contribution in [2.24, 2.45) is 0 Å². The zero-order valence-corrected chi connectivity index (χ0v) is 18.1. The van der Waals surface area contributed by atoms with Crippen molar-refractivity contribution in [1.82, 2.24) is 10.3 Å². The van der Waals surface area contributed by atoms with Gasteiger partial charge in [0.05, 0.1) is 35.0 Å². The van der Waals surface area contributed by atoms with E-state index in [1.165, 1.54) is 26.4 Å². The van der Waals surface area contributed by atoms with Crippen molar-refractivity contribution in [3.63, 3.8) is 0 Å². The molecule has 1 heterocycles. The predicted molar refractivity (Wildman–Crippen MR) is 113 cm³/mol. The minimum Gasteiger partial charge on any atom is -0.772 e. The molecule has 158 valence electrons. The number of anilines is 1. The van der Waals surface area contributed by atoms with Crippen LogP contribution in [0.25, 0.3) is 10.2 Å². The Labute approximate surface area is 182 Å². The van der Waals surface area contributed by atoms with E-state index >= 15 is 0 Å². The standard InChI is InChI=1S/C18H16ClN3O6S2/c1-27-12-6-4-10(14(19)15(12)28-2)16(23)21-17(24)22-18-20-11-5-3-9(8-30(25)26)7-13(11)29-18/h3-7H,8H2,1-2H3,(H,25,26)(H2,20,21,22,23,24)/p-1. The summed E-state index contributed by atoms with van der Waals surface area (Å²) < 4.78 is 32.6. The van der Waals surface area contributed by atoms with Crippen LogP contribution in [0.3, 0.4) is 0 Å². The quantitative estimate of drug-likeness (QED) is 0.531. The molecule has 0 saturated heterocycles. The van der Waals surface area contributed by atoms with E-state index in [9.17, 15) is 18.4 Å². The molecule has 2 N–H and O–H groups in total. The van der Waals surface area contributed by atoms with Crippen LogP contribution in [0.4, 0.5) is 9.93 Å². The highest BCUT2D eigenvalue weighted by molar-refractivity contribution is 7.78. The molecule has 1 aromatic heterocycles. The fourth-order valence-electron chi connectivity index (χ4n) is 2.61. The van der Waals surface area contributed by atoms with Crippen LogP contribution < -0.4 is 20.1 Å². The third-order valence-corrected chi connectivity index (χ3v) is 5.79. The lowest BCUT2D eigenvalue weighted by Gasteiger charge is -2.12. The number of aromatic nitrogens is 1. The maximum absolute atomic E-state index is 12.4.